The standard InChI is InChI=1S/C26H38N4O4SSi/c1-26(2,3)36(5,6)33-16-19-15-30-24(34-19)22(14-27-30)35(4,32)29-25(31)28-23-20-11-7-9-17(20)13-18-10-8-12-21(18)23/h13-14,19H,7-12,15-16H2,1-6H3,(H,28,31)/t19-,35+/m0/s1. The third-order valence-corrected chi connectivity index (χ3v) is 14.3. The van der Waals surface area contributed by atoms with Crippen molar-refractivity contribution in [2.75, 3.05) is 18.2 Å². The predicted molar refractivity (Wildman–Crippen MR) is 144 cm³/mol. The lowest BCUT2D eigenvalue weighted by Gasteiger charge is -2.36. The Balaban J connectivity index is 1.33. The summed E-state index contributed by atoms with van der Waals surface area (Å²) in [5, 5.41) is 7.49. The molecule has 1 aromatic carbocycles. The van der Waals surface area contributed by atoms with Gasteiger partial charge in [0.05, 0.1) is 29.1 Å². The normalized spacial score (nSPS) is 20.3. The summed E-state index contributed by atoms with van der Waals surface area (Å²) in [5.41, 5.74) is 6.01. The largest absolute Gasteiger partial charge is 0.469 e. The Labute approximate surface area is 215 Å². The first kappa shape index (κ1) is 25.5. The van der Waals surface area contributed by atoms with Gasteiger partial charge in [0.15, 0.2) is 8.32 Å². The van der Waals surface area contributed by atoms with Gasteiger partial charge < -0.3 is 14.5 Å². The van der Waals surface area contributed by atoms with Gasteiger partial charge in [0.2, 0.25) is 5.88 Å². The molecule has 2 heterocycles. The van der Waals surface area contributed by atoms with Gasteiger partial charge >= 0.3 is 6.03 Å². The molecule has 0 fully saturated rings. The molecule has 2 aliphatic carbocycles. The van der Waals surface area contributed by atoms with Crippen molar-refractivity contribution in [3.8, 4) is 5.88 Å². The molecule has 3 aliphatic rings. The van der Waals surface area contributed by atoms with Crippen molar-refractivity contribution in [3.05, 3.63) is 34.5 Å². The van der Waals surface area contributed by atoms with Crippen LogP contribution in [-0.4, -0.2) is 47.3 Å². The van der Waals surface area contributed by atoms with E-state index in [9.17, 15) is 9.00 Å². The van der Waals surface area contributed by atoms with Crippen LogP contribution in [0.4, 0.5) is 10.5 Å². The summed E-state index contributed by atoms with van der Waals surface area (Å²) in [6.45, 7) is 12.0. The highest BCUT2D eigenvalue weighted by molar-refractivity contribution is 7.93. The zero-order valence-electron chi connectivity index (χ0n) is 22.3. The van der Waals surface area contributed by atoms with E-state index in [2.05, 4.69) is 54.7 Å². The molecule has 0 saturated carbocycles. The number of rotatable bonds is 5. The minimum atomic E-state index is -3.06. The smallest absolute Gasteiger partial charge is 0.353 e. The van der Waals surface area contributed by atoms with Gasteiger partial charge in [-0.1, -0.05) is 26.8 Å². The van der Waals surface area contributed by atoms with E-state index in [1.165, 1.54) is 34.7 Å². The van der Waals surface area contributed by atoms with Crippen molar-refractivity contribution in [2.24, 2.45) is 4.36 Å². The zero-order valence-corrected chi connectivity index (χ0v) is 24.1. The van der Waals surface area contributed by atoms with E-state index in [0.29, 0.717) is 23.9 Å². The fraction of sp³-hybridized carbons (Fsp3) is 0.615. The van der Waals surface area contributed by atoms with E-state index in [-0.39, 0.29) is 11.1 Å². The van der Waals surface area contributed by atoms with Gasteiger partial charge in [-0.3, -0.25) is 0 Å². The molecule has 2 amide bonds. The van der Waals surface area contributed by atoms with Crippen LogP contribution >= 0.6 is 0 Å². The summed E-state index contributed by atoms with van der Waals surface area (Å²) in [7, 11) is -4.97. The van der Waals surface area contributed by atoms with Crippen LogP contribution in [0.5, 0.6) is 5.88 Å². The van der Waals surface area contributed by atoms with Crippen LogP contribution in [0.3, 0.4) is 0 Å². The minimum absolute atomic E-state index is 0.104. The highest BCUT2D eigenvalue weighted by atomic mass is 32.2. The number of urea groups is 1. The highest BCUT2D eigenvalue weighted by Gasteiger charge is 2.39. The molecule has 0 saturated heterocycles. The van der Waals surface area contributed by atoms with E-state index in [1.54, 1.807) is 4.68 Å². The predicted octanol–water partition coefficient (Wildman–Crippen LogP) is 5.33. The summed E-state index contributed by atoms with van der Waals surface area (Å²) in [5.74, 6) is 0.421. The van der Waals surface area contributed by atoms with E-state index >= 15 is 0 Å². The van der Waals surface area contributed by atoms with Gasteiger partial charge in [-0.25, -0.2) is 13.7 Å². The van der Waals surface area contributed by atoms with E-state index < -0.39 is 24.1 Å². The second kappa shape index (κ2) is 8.99. The van der Waals surface area contributed by atoms with Gasteiger partial charge in [0, 0.05) is 11.9 Å². The Morgan fingerprint density at radius 2 is 1.86 bits per heavy atom. The Morgan fingerprint density at radius 3 is 2.47 bits per heavy atom. The average molecular weight is 531 g/mol. The molecule has 0 radical (unpaired) electrons. The summed E-state index contributed by atoms with van der Waals surface area (Å²) >= 11 is 0. The number of carbonyl (C=O) groups excluding carboxylic acids is 1. The number of hydrogen-bond acceptors (Lipinski definition) is 5. The Morgan fingerprint density at radius 1 is 1.22 bits per heavy atom. The van der Waals surface area contributed by atoms with Crippen molar-refractivity contribution in [1.82, 2.24) is 9.78 Å². The lowest BCUT2D eigenvalue weighted by atomic mass is 9.99. The van der Waals surface area contributed by atoms with Crippen LogP contribution in [0.2, 0.25) is 18.1 Å². The maximum absolute atomic E-state index is 13.6. The maximum Gasteiger partial charge on any atom is 0.353 e. The van der Waals surface area contributed by atoms with Crippen LogP contribution in [0.15, 0.2) is 21.5 Å². The van der Waals surface area contributed by atoms with E-state index in [4.69, 9.17) is 9.16 Å². The second-order valence-corrected chi connectivity index (χ2v) is 18.9. The van der Waals surface area contributed by atoms with Crippen molar-refractivity contribution in [2.45, 2.75) is 95.0 Å². The number of nitrogens with zero attached hydrogens (tertiary/aromatic N) is 3. The van der Waals surface area contributed by atoms with Crippen molar-refractivity contribution >= 4 is 29.8 Å². The second-order valence-electron chi connectivity index (χ2n) is 11.9. The molecule has 2 aromatic rings. The summed E-state index contributed by atoms with van der Waals surface area (Å²) in [4.78, 5) is 13.4. The molecule has 10 heteroatoms. The first-order valence-electron chi connectivity index (χ1n) is 12.9. The summed E-state index contributed by atoms with van der Waals surface area (Å²) in [6, 6.07) is 1.74. The molecule has 5 rings (SSSR count). The lowest BCUT2D eigenvalue weighted by Crippen LogP contribution is -2.43. The molecule has 1 N–H and O–H groups in total. The van der Waals surface area contributed by atoms with Gasteiger partial charge in [-0.05, 0) is 78.9 Å². The van der Waals surface area contributed by atoms with Crippen LogP contribution < -0.4 is 10.1 Å². The van der Waals surface area contributed by atoms with Crippen LogP contribution in [0.1, 0.15) is 55.9 Å². The number of benzene rings is 1. The third kappa shape index (κ3) is 4.63. The number of fused-ring (bicyclic) bond motifs is 3. The highest BCUT2D eigenvalue weighted by Crippen LogP contribution is 2.39. The molecule has 1 aliphatic heterocycles. The zero-order chi connectivity index (χ0) is 25.9. The molecule has 8 nitrogen and oxygen atoms in total. The fourth-order valence-corrected chi connectivity index (χ4v) is 7.38. The molecule has 196 valence electrons. The topological polar surface area (TPSA) is 94.8 Å². The number of nitrogens with one attached hydrogen (secondary N) is 1. The molecule has 1 aromatic heterocycles. The van der Waals surface area contributed by atoms with Crippen LogP contribution in [0, 0.1) is 0 Å². The Kier molecular flexibility index (Phi) is 6.36. The first-order chi connectivity index (χ1) is 16.9. The number of aryl methyl sites for hydroxylation is 2. The molecule has 0 unspecified atom stereocenters. The maximum atomic E-state index is 13.6. The number of aromatic nitrogens is 2. The SMILES string of the molecule is CC(C)(C)[Si](C)(C)OC[C@@H]1Cn2ncc([S@@](C)(=O)=NC(=O)Nc3c4c(cc5c3CCC5)CCC4)c2O1. The fourth-order valence-electron chi connectivity index (χ4n) is 5.16. The van der Waals surface area contributed by atoms with Crippen LogP contribution in [0.25, 0.3) is 0 Å². The van der Waals surface area contributed by atoms with Gasteiger partial charge in [-0.2, -0.15) is 5.10 Å². The summed E-state index contributed by atoms with van der Waals surface area (Å²) < 4.78 is 31.9. The summed E-state index contributed by atoms with van der Waals surface area (Å²) in [6.07, 6.45) is 9.00. The minimum Gasteiger partial charge on any atom is -0.469 e. The van der Waals surface area contributed by atoms with Crippen molar-refractivity contribution < 1.29 is 18.2 Å². The third-order valence-electron chi connectivity index (χ3n) is 8.22. The van der Waals surface area contributed by atoms with E-state index in [0.717, 1.165) is 44.2 Å². The molecular weight excluding hydrogens is 492 g/mol. The lowest BCUT2D eigenvalue weighted by molar-refractivity contribution is 0.135. The number of ether oxygens (including phenoxy) is 1. The van der Waals surface area contributed by atoms with E-state index in [1.807, 2.05) is 0 Å². The van der Waals surface area contributed by atoms with Gasteiger partial charge in [0.1, 0.15) is 11.0 Å². The quantitative estimate of drug-likeness (QED) is 0.527. The first-order valence-corrected chi connectivity index (χ1v) is 17.7. The number of carbonyl (C=O) groups is 1. The number of hydrogen-bond donors (Lipinski definition) is 1. The molecule has 2 atom stereocenters. The monoisotopic (exact) mass is 530 g/mol. The van der Waals surface area contributed by atoms with Crippen molar-refractivity contribution in [3.63, 3.8) is 0 Å². The Bertz CT molecular complexity index is 1300. The average Bonchev–Trinajstić information content (AvgIpc) is 3.54. The van der Waals surface area contributed by atoms with Gasteiger partial charge in [-0.15, -0.1) is 4.36 Å². The molecular formula is C26H38N4O4SSi. The molecule has 0 bridgehead atoms. The number of anilines is 1. The van der Waals surface area contributed by atoms with Gasteiger partial charge in [0.25, 0.3) is 0 Å². The van der Waals surface area contributed by atoms with Crippen LogP contribution in [-0.2, 0) is 46.4 Å². The Hall–Kier alpha value is -2.17. The number of amides is 2. The molecule has 36 heavy (non-hydrogen) atoms. The molecule has 0 spiro atoms. The van der Waals surface area contributed by atoms with Crippen molar-refractivity contribution in [1.29, 1.82) is 0 Å².